The van der Waals surface area contributed by atoms with E-state index in [4.69, 9.17) is 9.47 Å². The monoisotopic (exact) mass is 670 g/mol. The molecule has 0 bridgehead atoms. The van der Waals surface area contributed by atoms with Gasteiger partial charge in [-0.1, -0.05) is 19.1 Å². The van der Waals surface area contributed by atoms with Gasteiger partial charge in [-0.25, -0.2) is 0 Å². The zero-order valence-corrected chi connectivity index (χ0v) is 29.8. The van der Waals surface area contributed by atoms with Crippen molar-refractivity contribution in [3.8, 4) is 17.6 Å². The van der Waals surface area contributed by atoms with Crippen LogP contribution in [0, 0.1) is 11.8 Å². The van der Waals surface area contributed by atoms with Crippen molar-refractivity contribution in [3.63, 3.8) is 0 Å². The Morgan fingerprint density at radius 2 is 1.59 bits per heavy atom. The maximum atomic E-state index is 11.0. The molecule has 0 aromatic heterocycles. The van der Waals surface area contributed by atoms with Gasteiger partial charge in [0.2, 0.25) is 0 Å². The van der Waals surface area contributed by atoms with Crippen LogP contribution < -0.4 is 4.74 Å². The number of allylic oxidation sites excluding steroid dienone is 4. The van der Waals surface area contributed by atoms with Crippen LogP contribution in [0.15, 0.2) is 58.4 Å². The molecule has 0 unspecified atom stereocenters. The Morgan fingerprint density at radius 1 is 0.878 bits per heavy atom. The fourth-order valence-electron chi connectivity index (χ4n) is 4.98. The number of carbonyl (C=O) groups is 1. The number of aryl methyl sites for hydroxylation is 1. The number of carbonyl (C=O) groups excluding carboxylic acids is 1. The van der Waals surface area contributed by atoms with Gasteiger partial charge in [0.15, 0.2) is 0 Å². The molecule has 0 amide bonds. The molecular weight excluding hydrogens is 611 g/mol. The SMILES string of the molecule is CCC[CH2][Sn](/[CH]=C/C/C=C/CC#CCCCCc1cccc(O/C(=C/COC(C)=O)CC)c1)([CH2]CCC)[CH2]CCC. The first kappa shape index (κ1) is 37.1. The Labute approximate surface area is 257 Å². The van der Waals surface area contributed by atoms with Gasteiger partial charge >= 0.3 is 170 Å². The first-order chi connectivity index (χ1) is 20.0. The summed E-state index contributed by atoms with van der Waals surface area (Å²) in [7, 11) is 0. The van der Waals surface area contributed by atoms with Crippen LogP contribution in [0.4, 0.5) is 0 Å². The maximum absolute atomic E-state index is 11.0. The van der Waals surface area contributed by atoms with E-state index in [0.717, 1.165) is 56.5 Å². The summed E-state index contributed by atoms with van der Waals surface area (Å²) in [5, 5.41) is 0. The van der Waals surface area contributed by atoms with Crippen molar-refractivity contribution in [2.45, 2.75) is 131 Å². The normalized spacial score (nSPS) is 12.1. The van der Waals surface area contributed by atoms with Gasteiger partial charge < -0.3 is 9.47 Å². The first-order valence-electron chi connectivity index (χ1n) is 16.4. The number of ether oxygens (including phenoxy) is 2. The zero-order chi connectivity index (χ0) is 30.0. The van der Waals surface area contributed by atoms with Crippen molar-refractivity contribution in [2.75, 3.05) is 6.61 Å². The third-order valence-corrected chi connectivity index (χ3v) is 21.7. The summed E-state index contributed by atoms with van der Waals surface area (Å²) in [5.74, 6) is 8.04. The summed E-state index contributed by atoms with van der Waals surface area (Å²) in [4.78, 5) is 11.0. The van der Waals surface area contributed by atoms with E-state index >= 15 is 0 Å². The van der Waals surface area contributed by atoms with Crippen LogP contribution >= 0.6 is 0 Å². The van der Waals surface area contributed by atoms with Crippen LogP contribution in [0.3, 0.4) is 0 Å². The summed E-state index contributed by atoms with van der Waals surface area (Å²) >= 11 is -2.12. The Bertz CT molecular complexity index is 958. The van der Waals surface area contributed by atoms with Gasteiger partial charge in [0, 0.05) is 13.3 Å². The molecule has 0 atom stereocenters. The van der Waals surface area contributed by atoms with E-state index in [-0.39, 0.29) is 12.6 Å². The number of benzene rings is 1. The summed E-state index contributed by atoms with van der Waals surface area (Å²) in [5.41, 5.74) is 1.27. The fourth-order valence-corrected chi connectivity index (χ4v) is 19.4. The molecule has 0 fully saturated rings. The van der Waals surface area contributed by atoms with Crippen molar-refractivity contribution in [1.29, 1.82) is 0 Å². The van der Waals surface area contributed by atoms with Gasteiger partial charge in [0.05, 0.1) is 0 Å². The Morgan fingerprint density at radius 3 is 2.22 bits per heavy atom. The van der Waals surface area contributed by atoms with E-state index in [9.17, 15) is 4.79 Å². The van der Waals surface area contributed by atoms with E-state index in [1.807, 2.05) is 25.1 Å². The Balaban J connectivity index is 2.40. The molecule has 4 heteroatoms. The molecule has 0 saturated heterocycles. The van der Waals surface area contributed by atoms with E-state index in [1.165, 1.54) is 51.0 Å². The predicted octanol–water partition coefficient (Wildman–Crippen LogP) is 10.9. The van der Waals surface area contributed by atoms with Crippen molar-refractivity contribution in [1.82, 2.24) is 0 Å². The molecule has 0 aliphatic carbocycles. The Kier molecular flexibility index (Phi) is 22.3. The molecule has 0 saturated carbocycles. The first-order valence-corrected chi connectivity index (χ1v) is 24.1. The molecule has 1 rings (SSSR count). The van der Waals surface area contributed by atoms with Crippen LogP contribution in [-0.4, -0.2) is 31.0 Å². The van der Waals surface area contributed by atoms with Gasteiger partial charge in [-0.3, -0.25) is 4.79 Å². The summed E-state index contributed by atoms with van der Waals surface area (Å²) in [6, 6.07) is 8.26. The second-order valence-corrected chi connectivity index (χ2v) is 24.1. The fraction of sp³-hybridized carbons (Fsp3) is 0.595. The molecule has 0 heterocycles. The van der Waals surface area contributed by atoms with E-state index < -0.39 is 18.4 Å². The van der Waals surface area contributed by atoms with Crippen LogP contribution in [0.5, 0.6) is 5.75 Å². The molecule has 3 nitrogen and oxygen atoms in total. The molecule has 0 aliphatic rings. The number of hydrogen-bond acceptors (Lipinski definition) is 3. The van der Waals surface area contributed by atoms with Gasteiger partial charge in [-0.15, -0.1) is 0 Å². The topological polar surface area (TPSA) is 35.5 Å². The molecular formula is C37H58O3Sn. The van der Waals surface area contributed by atoms with E-state index in [0.29, 0.717) is 0 Å². The van der Waals surface area contributed by atoms with Crippen molar-refractivity contribution >= 4 is 24.3 Å². The average Bonchev–Trinajstić information content (AvgIpc) is 2.97. The van der Waals surface area contributed by atoms with Crippen molar-refractivity contribution in [2.24, 2.45) is 0 Å². The second kappa shape index (κ2) is 24.6. The number of esters is 1. The number of unbranched alkanes of at least 4 members (excludes halogenated alkanes) is 5. The summed E-state index contributed by atoms with van der Waals surface area (Å²) in [6.07, 6.45) is 24.0. The van der Waals surface area contributed by atoms with E-state index in [2.05, 4.69) is 67.1 Å². The molecule has 0 radical (unpaired) electrons. The molecule has 1 aromatic carbocycles. The van der Waals surface area contributed by atoms with Gasteiger partial charge in [0.25, 0.3) is 0 Å². The number of hydrogen-bond donors (Lipinski definition) is 0. The summed E-state index contributed by atoms with van der Waals surface area (Å²) < 4.78 is 18.4. The predicted molar refractivity (Wildman–Crippen MR) is 180 cm³/mol. The van der Waals surface area contributed by atoms with Crippen LogP contribution in [0.1, 0.15) is 117 Å². The molecule has 1 aromatic rings. The quantitative estimate of drug-likeness (QED) is 0.0308. The zero-order valence-electron chi connectivity index (χ0n) is 26.9. The number of rotatable bonds is 22. The van der Waals surface area contributed by atoms with Crippen LogP contribution in [0.2, 0.25) is 13.3 Å². The van der Waals surface area contributed by atoms with Gasteiger partial charge in [0.1, 0.15) is 18.1 Å². The molecule has 41 heavy (non-hydrogen) atoms. The van der Waals surface area contributed by atoms with E-state index in [1.54, 1.807) is 13.3 Å². The third-order valence-electron chi connectivity index (χ3n) is 7.45. The van der Waals surface area contributed by atoms with Crippen molar-refractivity contribution in [3.05, 3.63) is 64.0 Å². The van der Waals surface area contributed by atoms with Crippen LogP contribution in [0.25, 0.3) is 0 Å². The third kappa shape index (κ3) is 19.0. The minimum absolute atomic E-state index is 0.242. The minimum atomic E-state index is -2.12. The Hall–Kier alpha value is -1.93. The van der Waals surface area contributed by atoms with Crippen molar-refractivity contribution < 1.29 is 14.3 Å². The second-order valence-electron chi connectivity index (χ2n) is 11.1. The standard InChI is InChI=1S/C25H31O3.3C4H9.Sn/c1-4-6-7-8-9-10-11-12-13-14-16-23-17-15-18-25(21-23)28-24(5-2)19-20-27-22(3)26;3*1-3-4-2;/h1,4,7-8,15,17-19,21H,5-6,9,12-14,16,20H2,2-3H3;3*1,3-4H2,2H3;/b4-1?,8-7+,24-19+;;;;. The molecule has 0 N–H and O–H groups in total. The average molecular weight is 670 g/mol. The van der Waals surface area contributed by atoms with Gasteiger partial charge in [-0.05, 0) is 23.8 Å². The molecule has 228 valence electrons. The molecule has 0 spiro atoms. The van der Waals surface area contributed by atoms with Crippen LogP contribution in [-0.2, 0) is 16.0 Å². The summed E-state index contributed by atoms with van der Waals surface area (Å²) in [6.45, 7) is 10.7. The van der Waals surface area contributed by atoms with Gasteiger partial charge in [-0.2, -0.15) is 0 Å². The molecule has 0 aliphatic heterocycles.